The van der Waals surface area contributed by atoms with E-state index in [1.807, 2.05) is 17.8 Å². The Balaban J connectivity index is 0.00000256. The minimum Gasteiger partial charge on any atom is -0.493 e. The van der Waals surface area contributed by atoms with Crippen molar-refractivity contribution in [3.05, 3.63) is 65.7 Å². The number of aromatic nitrogens is 4. The third-order valence-corrected chi connectivity index (χ3v) is 4.62. The van der Waals surface area contributed by atoms with Crippen LogP contribution in [0.5, 0.6) is 11.5 Å². The number of fused-ring (bicyclic) bond motifs is 1. The topological polar surface area (TPSA) is 74.1 Å². The molecule has 0 unspecified atom stereocenters. The average Bonchev–Trinajstić information content (AvgIpc) is 3.12. The zero-order valence-corrected chi connectivity index (χ0v) is 17.7. The Morgan fingerprint density at radius 2 is 1.97 bits per heavy atom. The van der Waals surface area contributed by atoms with Gasteiger partial charge in [0.05, 0.1) is 18.3 Å². The lowest BCUT2D eigenvalue weighted by atomic mass is 10.2. The van der Waals surface area contributed by atoms with Gasteiger partial charge in [0.1, 0.15) is 30.4 Å². The van der Waals surface area contributed by atoms with Crippen LogP contribution in [0.25, 0.3) is 10.9 Å². The van der Waals surface area contributed by atoms with Gasteiger partial charge in [-0.25, -0.2) is 19.3 Å². The second-order valence-corrected chi connectivity index (χ2v) is 6.67. The SMILES string of the molecule is COc1cc2c(Nc3ccc(Cl)cc3F)ncnc2cc1OCc1nccn1C.Cl. The molecule has 0 amide bonds. The van der Waals surface area contributed by atoms with Crippen LogP contribution in [0.1, 0.15) is 5.82 Å². The lowest BCUT2D eigenvalue weighted by Gasteiger charge is -2.14. The van der Waals surface area contributed by atoms with Gasteiger partial charge < -0.3 is 19.4 Å². The van der Waals surface area contributed by atoms with Crippen LogP contribution in [0.15, 0.2) is 49.1 Å². The first-order valence-corrected chi connectivity index (χ1v) is 9.07. The third-order valence-electron chi connectivity index (χ3n) is 4.38. The fourth-order valence-electron chi connectivity index (χ4n) is 2.83. The molecule has 2 heterocycles. The predicted octanol–water partition coefficient (Wildman–Crippen LogP) is 4.91. The van der Waals surface area contributed by atoms with E-state index < -0.39 is 5.82 Å². The summed E-state index contributed by atoms with van der Waals surface area (Å²) in [5.74, 6) is 1.75. The number of benzene rings is 2. The van der Waals surface area contributed by atoms with Crippen molar-refractivity contribution in [3.8, 4) is 11.5 Å². The lowest BCUT2D eigenvalue weighted by Crippen LogP contribution is -2.04. The summed E-state index contributed by atoms with van der Waals surface area (Å²) in [6.45, 7) is 0.275. The fraction of sp³-hybridized carbons (Fsp3) is 0.150. The molecular weight excluding hydrogens is 432 g/mol. The first kappa shape index (κ1) is 21.6. The maximum atomic E-state index is 14.2. The highest BCUT2D eigenvalue weighted by Gasteiger charge is 2.14. The standard InChI is InChI=1S/C20H17ClFN5O2.ClH/c1-27-6-5-23-19(27)10-29-18-9-16-13(8-17(18)28-2)20(25-11-24-16)26-15-4-3-12(21)7-14(15)22;/h3-9,11H,10H2,1-2H3,(H,24,25,26);1H. The normalized spacial score (nSPS) is 10.5. The van der Waals surface area contributed by atoms with Crippen LogP contribution in [0, 0.1) is 5.82 Å². The van der Waals surface area contributed by atoms with Crippen molar-refractivity contribution in [1.82, 2.24) is 19.5 Å². The number of methoxy groups -OCH3 is 1. The fourth-order valence-corrected chi connectivity index (χ4v) is 2.99. The predicted molar refractivity (Wildman–Crippen MR) is 116 cm³/mol. The van der Waals surface area contributed by atoms with Crippen molar-refractivity contribution in [2.24, 2.45) is 7.05 Å². The average molecular weight is 450 g/mol. The molecule has 0 bridgehead atoms. The summed E-state index contributed by atoms with van der Waals surface area (Å²) in [7, 11) is 3.44. The minimum atomic E-state index is -0.480. The number of hydrogen-bond acceptors (Lipinski definition) is 6. The van der Waals surface area contributed by atoms with Gasteiger partial charge in [0.15, 0.2) is 11.5 Å². The van der Waals surface area contributed by atoms with Crippen LogP contribution in [0.3, 0.4) is 0 Å². The Labute approximate surface area is 183 Å². The molecule has 0 aliphatic rings. The van der Waals surface area contributed by atoms with Crippen LogP contribution in [-0.2, 0) is 13.7 Å². The van der Waals surface area contributed by atoms with Crippen LogP contribution in [-0.4, -0.2) is 26.6 Å². The van der Waals surface area contributed by atoms with Crippen LogP contribution in [0.4, 0.5) is 15.9 Å². The number of rotatable bonds is 6. The molecule has 0 saturated heterocycles. The third kappa shape index (κ3) is 4.39. The van der Waals surface area contributed by atoms with E-state index in [1.54, 1.807) is 37.6 Å². The summed E-state index contributed by atoms with van der Waals surface area (Å²) in [5, 5.41) is 3.95. The summed E-state index contributed by atoms with van der Waals surface area (Å²) >= 11 is 5.82. The molecule has 156 valence electrons. The number of aryl methyl sites for hydroxylation is 1. The number of nitrogens with zero attached hydrogens (tertiary/aromatic N) is 4. The van der Waals surface area contributed by atoms with Gasteiger partial charge >= 0.3 is 0 Å². The van der Waals surface area contributed by atoms with Crippen LogP contribution < -0.4 is 14.8 Å². The van der Waals surface area contributed by atoms with Crippen molar-refractivity contribution in [2.45, 2.75) is 6.61 Å². The van der Waals surface area contributed by atoms with E-state index in [4.69, 9.17) is 21.1 Å². The first-order valence-electron chi connectivity index (χ1n) is 8.69. The van der Waals surface area contributed by atoms with Gasteiger partial charge in [-0.05, 0) is 24.3 Å². The summed E-state index contributed by atoms with van der Waals surface area (Å²) in [5.41, 5.74) is 0.871. The molecule has 10 heteroatoms. The molecule has 0 radical (unpaired) electrons. The van der Waals surface area contributed by atoms with Crippen molar-refractivity contribution in [1.29, 1.82) is 0 Å². The maximum Gasteiger partial charge on any atom is 0.164 e. The quantitative estimate of drug-likeness (QED) is 0.450. The van der Waals surface area contributed by atoms with Crippen molar-refractivity contribution < 1.29 is 13.9 Å². The monoisotopic (exact) mass is 449 g/mol. The van der Waals surface area contributed by atoms with E-state index in [0.717, 1.165) is 5.82 Å². The molecule has 0 fully saturated rings. The van der Waals surface area contributed by atoms with Crippen LogP contribution in [0.2, 0.25) is 5.02 Å². The van der Waals surface area contributed by atoms with Gasteiger partial charge in [-0.3, -0.25) is 0 Å². The lowest BCUT2D eigenvalue weighted by molar-refractivity contribution is 0.273. The summed E-state index contributed by atoms with van der Waals surface area (Å²) in [4.78, 5) is 12.8. The summed E-state index contributed by atoms with van der Waals surface area (Å²) in [6.07, 6.45) is 4.95. The number of imidazole rings is 1. The highest BCUT2D eigenvalue weighted by atomic mass is 35.5. The van der Waals surface area contributed by atoms with E-state index in [2.05, 4.69) is 20.3 Å². The molecule has 1 N–H and O–H groups in total. The van der Waals surface area contributed by atoms with E-state index in [9.17, 15) is 4.39 Å². The highest BCUT2D eigenvalue weighted by Crippen LogP contribution is 2.35. The number of hydrogen-bond donors (Lipinski definition) is 1. The minimum absolute atomic E-state index is 0. The highest BCUT2D eigenvalue weighted by molar-refractivity contribution is 6.30. The van der Waals surface area contributed by atoms with E-state index in [0.29, 0.717) is 33.2 Å². The number of halogens is 3. The second-order valence-electron chi connectivity index (χ2n) is 6.23. The summed E-state index contributed by atoms with van der Waals surface area (Å²) < 4.78 is 27.4. The van der Waals surface area contributed by atoms with Crippen LogP contribution >= 0.6 is 24.0 Å². The van der Waals surface area contributed by atoms with Gasteiger partial charge in [-0.15, -0.1) is 12.4 Å². The molecule has 0 aliphatic heterocycles. The maximum absolute atomic E-state index is 14.2. The zero-order valence-electron chi connectivity index (χ0n) is 16.1. The van der Waals surface area contributed by atoms with Gasteiger partial charge in [0.2, 0.25) is 0 Å². The van der Waals surface area contributed by atoms with Crippen molar-refractivity contribution >= 4 is 46.4 Å². The Bertz CT molecular complexity index is 1190. The molecule has 0 atom stereocenters. The molecule has 4 rings (SSSR count). The van der Waals surface area contributed by atoms with E-state index in [-0.39, 0.29) is 24.7 Å². The molecular formula is C20H18Cl2FN5O2. The second kappa shape index (κ2) is 9.15. The summed E-state index contributed by atoms with van der Waals surface area (Å²) in [6, 6.07) is 7.88. The molecule has 30 heavy (non-hydrogen) atoms. The van der Waals surface area contributed by atoms with Gasteiger partial charge in [-0.2, -0.15) is 0 Å². The van der Waals surface area contributed by atoms with Gasteiger partial charge in [-0.1, -0.05) is 11.6 Å². The van der Waals surface area contributed by atoms with E-state index in [1.165, 1.54) is 12.4 Å². The largest absolute Gasteiger partial charge is 0.493 e. The molecule has 2 aromatic carbocycles. The number of nitrogens with one attached hydrogen (secondary N) is 1. The van der Waals surface area contributed by atoms with Crippen molar-refractivity contribution in [2.75, 3.05) is 12.4 Å². The molecule has 4 aromatic rings. The Morgan fingerprint density at radius 3 is 2.67 bits per heavy atom. The molecule has 7 nitrogen and oxygen atoms in total. The molecule has 0 saturated carbocycles. The Morgan fingerprint density at radius 1 is 1.13 bits per heavy atom. The number of ether oxygens (including phenoxy) is 2. The first-order chi connectivity index (χ1) is 14.0. The van der Waals surface area contributed by atoms with E-state index >= 15 is 0 Å². The van der Waals surface area contributed by atoms with Gasteiger partial charge in [0.25, 0.3) is 0 Å². The van der Waals surface area contributed by atoms with Gasteiger partial charge in [0, 0.05) is 35.9 Å². The Kier molecular flexibility index (Phi) is 6.59. The molecule has 0 aliphatic carbocycles. The zero-order chi connectivity index (χ0) is 20.4. The molecule has 2 aromatic heterocycles. The Hall–Kier alpha value is -3.10. The smallest absolute Gasteiger partial charge is 0.164 e. The van der Waals surface area contributed by atoms with Crippen molar-refractivity contribution in [3.63, 3.8) is 0 Å². The molecule has 0 spiro atoms. The number of anilines is 2.